The molecule has 37 heavy (non-hydrogen) atoms. The highest BCUT2D eigenvalue weighted by atomic mass is 35.5. The quantitative estimate of drug-likeness (QED) is 0.393. The zero-order valence-corrected chi connectivity index (χ0v) is 21.8. The predicted molar refractivity (Wildman–Crippen MR) is 146 cm³/mol. The van der Waals surface area contributed by atoms with Crippen molar-refractivity contribution in [2.75, 3.05) is 51.9 Å². The van der Waals surface area contributed by atoms with E-state index < -0.39 is 0 Å². The van der Waals surface area contributed by atoms with Gasteiger partial charge in [0.15, 0.2) is 0 Å². The molecule has 8 heteroatoms. The number of hydrogen-bond acceptors (Lipinski definition) is 6. The zero-order chi connectivity index (χ0) is 25.6. The van der Waals surface area contributed by atoms with Crippen LogP contribution >= 0.6 is 11.6 Å². The molecule has 1 aliphatic heterocycles. The first-order chi connectivity index (χ1) is 18.1. The van der Waals surface area contributed by atoms with Crippen LogP contribution in [-0.2, 0) is 20.8 Å². The van der Waals surface area contributed by atoms with Crippen LogP contribution in [0.3, 0.4) is 0 Å². The maximum atomic E-state index is 12.2. The van der Waals surface area contributed by atoms with Crippen molar-refractivity contribution in [1.29, 1.82) is 0 Å². The number of rotatable bonds is 9. The summed E-state index contributed by atoms with van der Waals surface area (Å²) in [6.07, 6.45) is 5.14. The van der Waals surface area contributed by atoms with Crippen LogP contribution in [0.15, 0.2) is 77.1 Å². The second-order valence-corrected chi connectivity index (χ2v) is 9.75. The lowest BCUT2D eigenvalue weighted by atomic mass is 10.0. The van der Waals surface area contributed by atoms with E-state index in [1.807, 2.05) is 18.2 Å². The van der Waals surface area contributed by atoms with Gasteiger partial charge in [0, 0.05) is 59.7 Å². The van der Waals surface area contributed by atoms with Gasteiger partial charge in [-0.25, -0.2) is 4.79 Å². The van der Waals surface area contributed by atoms with Crippen molar-refractivity contribution in [2.24, 2.45) is 0 Å². The number of benzene rings is 2. The van der Waals surface area contributed by atoms with Gasteiger partial charge in [0.25, 0.3) is 0 Å². The Morgan fingerprint density at radius 3 is 2.81 bits per heavy atom. The molecule has 2 aromatic carbocycles. The third-order valence-corrected chi connectivity index (χ3v) is 7.04. The molecule has 194 valence electrons. The van der Waals surface area contributed by atoms with Crippen LogP contribution in [0.2, 0.25) is 0 Å². The van der Waals surface area contributed by atoms with Crippen molar-refractivity contribution < 1.29 is 19.0 Å². The second-order valence-electron chi connectivity index (χ2n) is 9.27. The molecule has 3 aromatic rings. The highest BCUT2D eigenvalue weighted by Gasteiger charge is 2.19. The van der Waals surface area contributed by atoms with Crippen LogP contribution in [0.4, 0.5) is 5.69 Å². The average molecular weight is 522 g/mol. The molecule has 1 fully saturated rings. The van der Waals surface area contributed by atoms with Gasteiger partial charge in [0.2, 0.25) is 0 Å². The molecule has 0 bridgehead atoms. The summed E-state index contributed by atoms with van der Waals surface area (Å²) in [6.45, 7) is 5.87. The molecule has 0 radical (unpaired) electrons. The lowest BCUT2D eigenvalue weighted by molar-refractivity contribution is -0.135. The lowest BCUT2D eigenvalue weighted by Gasteiger charge is -2.26. The summed E-state index contributed by atoms with van der Waals surface area (Å²) >= 11 is 6.17. The second kappa shape index (κ2) is 11.9. The number of nitrogens with one attached hydrogen (secondary N) is 1. The van der Waals surface area contributed by atoms with Gasteiger partial charge in [-0.2, -0.15) is 0 Å². The Balaban J connectivity index is 1.25. The number of hydrogen-bond donors (Lipinski definition) is 1. The van der Waals surface area contributed by atoms with E-state index in [0.29, 0.717) is 30.1 Å². The SMILES string of the molecule is COC(=O)C1=C(Nc2ccc3c(ccn3Cc3cccc(OCCN4CCOCC4)c3)c2)CCC(Cl)=C1. The summed E-state index contributed by atoms with van der Waals surface area (Å²) in [7, 11) is 1.38. The predicted octanol–water partition coefficient (Wildman–Crippen LogP) is 5.16. The first kappa shape index (κ1) is 25.4. The number of ether oxygens (including phenoxy) is 3. The van der Waals surface area contributed by atoms with Crippen molar-refractivity contribution >= 4 is 34.2 Å². The third kappa shape index (κ3) is 6.36. The van der Waals surface area contributed by atoms with E-state index in [1.54, 1.807) is 6.08 Å². The summed E-state index contributed by atoms with van der Waals surface area (Å²) in [6, 6.07) is 16.6. The van der Waals surface area contributed by atoms with E-state index in [-0.39, 0.29) is 5.97 Å². The average Bonchev–Trinajstić information content (AvgIpc) is 3.32. The fourth-order valence-electron chi connectivity index (χ4n) is 4.75. The molecular weight excluding hydrogens is 490 g/mol. The molecule has 5 rings (SSSR count). The van der Waals surface area contributed by atoms with Crippen molar-refractivity contribution in [3.05, 3.63) is 82.7 Å². The Kier molecular flexibility index (Phi) is 8.14. The molecule has 2 heterocycles. The van der Waals surface area contributed by atoms with Crippen LogP contribution in [-0.4, -0.2) is 62.0 Å². The number of carbonyl (C=O) groups excluding carboxylic acids is 1. The van der Waals surface area contributed by atoms with Gasteiger partial charge < -0.3 is 24.1 Å². The van der Waals surface area contributed by atoms with E-state index in [1.165, 1.54) is 12.7 Å². The van der Waals surface area contributed by atoms with E-state index in [9.17, 15) is 4.79 Å². The van der Waals surface area contributed by atoms with Crippen molar-refractivity contribution in [3.8, 4) is 5.75 Å². The van der Waals surface area contributed by atoms with Crippen LogP contribution in [0.1, 0.15) is 18.4 Å². The van der Waals surface area contributed by atoms with Gasteiger partial charge >= 0.3 is 5.97 Å². The molecule has 0 atom stereocenters. The Morgan fingerprint density at radius 2 is 1.97 bits per heavy atom. The van der Waals surface area contributed by atoms with Crippen LogP contribution in [0, 0.1) is 0 Å². The standard InChI is InChI=1S/C29H32ClN3O4/c1-35-29(34)26-19-23(30)5-7-27(26)31-24-6-8-28-22(18-24)9-10-33(28)20-21-3-2-4-25(17-21)37-16-13-32-11-14-36-15-12-32/h2-4,6,8-10,17-19,31H,5,7,11-16,20H2,1H3. The molecule has 7 nitrogen and oxygen atoms in total. The maximum Gasteiger partial charge on any atom is 0.339 e. The Bertz CT molecular complexity index is 1320. The highest BCUT2D eigenvalue weighted by Crippen LogP contribution is 2.30. The monoisotopic (exact) mass is 521 g/mol. The molecule has 2 aliphatic rings. The molecule has 0 unspecified atom stereocenters. The van der Waals surface area contributed by atoms with E-state index >= 15 is 0 Å². The van der Waals surface area contributed by atoms with Gasteiger partial charge in [-0.15, -0.1) is 0 Å². The van der Waals surface area contributed by atoms with Crippen molar-refractivity contribution in [2.45, 2.75) is 19.4 Å². The van der Waals surface area contributed by atoms with Crippen LogP contribution in [0.5, 0.6) is 5.75 Å². The fourth-order valence-corrected chi connectivity index (χ4v) is 4.96. The summed E-state index contributed by atoms with van der Waals surface area (Å²) < 4.78 is 18.6. The summed E-state index contributed by atoms with van der Waals surface area (Å²) in [5, 5.41) is 5.18. The molecule has 0 amide bonds. The fraction of sp³-hybridized carbons (Fsp3) is 0.345. The molecule has 1 aliphatic carbocycles. The maximum absolute atomic E-state index is 12.2. The molecule has 0 saturated carbocycles. The van der Waals surface area contributed by atoms with Gasteiger partial charge in [0.1, 0.15) is 12.4 Å². The topological polar surface area (TPSA) is 65.0 Å². The zero-order valence-electron chi connectivity index (χ0n) is 21.0. The smallest absolute Gasteiger partial charge is 0.339 e. The lowest BCUT2D eigenvalue weighted by Crippen LogP contribution is -2.38. The summed E-state index contributed by atoms with van der Waals surface area (Å²) in [4.78, 5) is 14.6. The minimum atomic E-state index is -0.389. The minimum Gasteiger partial charge on any atom is -0.492 e. The first-order valence-electron chi connectivity index (χ1n) is 12.6. The minimum absolute atomic E-state index is 0.389. The Morgan fingerprint density at radius 1 is 1.11 bits per heavy atom. The summed E-state index contributed by atoms with van der Waals surface area (Å²) in [5.41, 5.74) is 4.54. The number of allylic oxidation sites excluding steroid dienone is 2. The third-order valence-electron chi connectivity index (χ3n) is 6.74. The van der Waals surface area contributed by atoms with Crippen molar-refractivity contribution in [3.63, 3.8) is 0 Å². The number of fused-ring (bicyclic) bond motifs is 1. The Hall–Kier alpha value is -3.26. The van der Waals surface area contributed by atoms with Gasteiger partial charge in [-0.05, 0) is 60.9 Å². The number of aromatic nitrogens is 1. The van der Waals surface area contributed by atoms with Gasteiger partial charge in [0.05, 0.1) is 25.9 Å². The van der Waals surface area contributed by atoms with Crippen molar-refractivity contribution in [1.82, 2.24) is 9.47 Å². The first-order valence-corrected chi connectivity index (χ1v) is 13.0. The van der Waals surface area contributed by atoms with E-state index in [0.717, 1.165) is 67.4 Å². The van der Waals surface area contributed by atoms with Crippen LogP contribution in [0.25, 0.3) is 10.9 Å². The summed E-state index contributed by atoms with van der Waals surface area (Å²) in [5.74, 6) is 0.505. The van der Waals surface area contributed by atoms with E-state index in [4.69, 9.17) is 25.8 Å². The highest BCUT2D eigenvalue weighted by molar-refractivity contribution is 6.30. The molecule has 0 spiro atoms. The van der Waals surface area contributed by atoms with Gasteiger partial charge in [-0.1, -0.05) is 23.7 Å². The molecule has 1 N–H and O–H groups in total. The number of morpholine rings is 1. The van der Waals surface area contributed by atoms with E-state index in [2.05, 4.69) is 51.3 Å². The number of esters is 1. The molecule has 1 saturated heterocycles. The molecular formula is C29H32ClN3O4. The number of halogens is 1. The normalized spacial score (nSPS) is 16.5. The van der Waals surface area contributed by atoms with Gasteiger partial charge in [-0.3, -0.25) is 4.90 Å². The number of anilines is 1. The number of nitrogens with zero attached hydrogens (tertiary/aromatic N) is 2. The van der Waals surface area contributed by atoms with Crippen LogP contribution < -0.4 is 10.1 Å². The molecule has 1 aromatic heterocycles. The number of methoxy groups -OCH3 is 1. The Labute approximate surface area is 222 Å². The largest absolute Gasteiger partial charge is 0.492 e. The number of carbonyl (C=O) groups is 1.